The normalized spacial score (nSPS) is 10.2. The third kappa shape index (κ3) is 5.12. The van der Waals surface area contributed by atoms with Crippen LogP contribution in [0.5, 0.6) is 23.0 Å². The second-order valence-corrected chi connectivity index (χ2v) is 5.08. The van der Waals surface area contributed by atoms with Crippen LogP contribution in [0.4, 0.5) is 0 Å². The highest BCUT2D eigenvalue weighted by Gasteiger charge is 2.09. The maximum Gasteiger partial charge on any atom is 0.188 e. The van der Waals surface area contributed by atoms with E-state index in [9.17, 15) is 4.79 Å². The summed E-state index contributed by atoms with van der Waals surface area (Å²) in [5.74, 6) is 2.29. The summed E-state index contributed by atoms with van der Waals surface area (Å²) in [4.78, 5) is 11.0. The van der Waals surface area contributed by atoms with Crippen molar-refractivity contribution in [2.45, 2.75) is 13.5 Å². The summed E-state index contributed by atoms with van der Waals surface area (Å²) in [5.41, 5.74) is 1.42. The van der Waals surface area contributed by atoms with Crippen molar-refractivity contribution in [3.63, 3.8) is 0 Å². The van der Waals surface area contributed by atoms with E-state index in [0.29, 0.717) is 41.8 Å². The lowest BCUT2D eigenvalue weighted by atomic mass is 10.2. The molecule has 0 saturated heterocycles. The molecule has 0 aromatic heterocycles. The molecule has 0 spiro atoms. The van der Waals surface area contributed by atoms with E-state index in [-0.39, 0.29) is 6.79 Å². The van der Waals surface area contributed by atoms with Gasteiger partial charge in [-0.3, -0.25) is 4.79 Å². The van der Waals surface area contributed by atoms with Crippen LogP contribution in [0.25, 0.3) is 0 Å². The molecule has 0 radical (unpaired) electrons. The largest absolute Gasteiger partial charge is 0.493 e. The van der Waals surface area contributed by atoms with Crippen molar-refractivity contribution in [2.24, 2.45) is 0 Å². The third-order valence-electron chi connectivity index (χ3n) is 3.36. The molecular weight excluding hydrogens is 324 g/mol. The first-order valence-corrected chi connectivity index (χ1v) is 7.85. The molecule has 0 amide bonds. The van der Waals surface area contributed by atoms with Crippen LogP contribution in [-0.4, -0.2) is 33.9 Å². The van der Waals surface area contributed by atoms with Crippen molar-refractivity contribution in [1.29, 1.82) is 0 Å². The molecule has 0 N–H and O–H groups in total. The predicted octanol–water partition coefficient (Wildman–Crippen LogP) is 3.47. The Morgan fingerprint density at radius 2 is 1.64 bits per heavy atom. The minimum absolute atomic E-state index is 0.141. The molecule has 0 heterocycles. The van der Waals surface area contributed by atoms with Gasteiger partial charge in [0.2, 0.25) is 0 Å². The minimum atomic E-state index is 0.141. The summed E-state index contributed by atoms with van der Waals surface area (Å²) in [6.07, 6.45) is 0.771. The highest BCUT2D eigenvalue weighted by molar-refractivity contribution is 5.76. The number of ether oxygens (including phenoxy) is 5. The number of benzene rings is 2. The fourth-order valence-corrected chi connectivity index (χ4v) is 2.19. The Hall–Kier alpha value is -2.73. The zero-order valence-corrected chi connectivity index (χ0v) is 14.6. The number of aldehydes is 1. The number of methoxy groups -OCH3 is 2. The molecule has 2 rings (SSSR count). The molecule has 0 aliphatic carbocycles. The summed E-state index contributed by atoms with van der Waals surface area (Å²) >= 11 is 0. The van der Waals surface area contributed by atoms with Crippen molar-refractivity contribution in [3.8, 4) is 23.0 Å². The Kier molecular flexibility index (Phi) is 7.10. The summed E-state index contributed by atoms with van der Waals surface area (Å²) in [6.45, 7) is 2.84. The molecule has 2 aromatic carbocycles. The lowest BCUT2D eigenvalue weighted by Gasteiger charge is -2.14. The van der Waals surface area contributed by atoms with Crippen LogP contribution in [-0.2, 0) is 11.3 Å². The summed E-state index contributed by atoms with van der Waals surface area (Å²) < 4.78 is 27.0. The van der Waals surface area contributed by atoms with E-state index in [1.165, 1.54) is 0 Å². The van der Waals surface area contributed by atoms with E-state index in [4.69, 9.17) is 23.7 Å². The predicted molar refractivity (Wildman–Crippen MR) is 92.8 cm³/mol. The van der Waals surface area contributed by atoms with Crippen LogP contribution in [0, 0.1) is 0 Å². The van der Waals surface area contributed by atoms with Gasteiger partial charge in [-0.05, 0) is 42.8 Å². The molecule has 6 heteroatoms. The first kappa shape index (κ1) is 18.6. The standard InChI is InChI=1S/C19H22O6/c1-4-23-17-7-5-14(11-20)9-19(17)24-12-15-6-8-16(25-13-21-2)18(10-15)22-3/h5-11H,4,12-13H2,1-3H3. The molecule has 6 nitrogen and oxygen atoms in total. The molecule has 0 saturated carbocycles. The Balaban J connectivity index is 2.13. The molecular formula is C19H22O6. The third-order valence-corrected chi connectivity index (χ3v) is 3.36. The molecule has 0 atom stereocenters. The number of rotatable bonds is 10. The maximum absolute atomic E-state index is 11.0. The zero-order valence-electron chi connectivity index (χ0n) is 14.6. The molecule has 25 heavy (non-hydrogen) atoms. The Morgan fingerprint density at radius 3 is 2.32 bits per heavy atom. The van der Waals surface area contributed by atoms with Gasteiger partial charge in [0, 0.05) is 12.7 Å². The molecule has 0 unspecified atom stereocenters. The average molecular weight is 346 g/mol. The van der Waals surface area contributed by atoms with Crippen LogP contribution >= 0.6 is 0 Å². The molecule has 0 aliphatic rings. The Labute approximate surface area is 147 Å². The second-order valence-electron chi connectivity index (χ2n) is 5.08. The second kappa shape index (κ2) is 9.54. The smallest absolute Gasteiger partial charge is 0.188 e. The highest BCUT2D eigenvalue weighted by atomic mass is 16.7. The fraction of sp³-hybridized carbons (Fsp3) is 0.316. The number of carbonyl (C=O) groups is 1. The first-order valence-electron chi connectivity index (χ1n) is 7.85. The van der Waals surface area contributed by atoms with Crippen molar-refractivity contribution >= 4 is 6.29 Å². The van der Waals surface area contributed by atoms with Gasteiger partial charge in [0.15, 0.2) is 29.8 Å². The van der Waals surface area contributed by atoms with Crippen LogP contribution < -0.4 is 18.9 Å². The molecule has 0 aliphatic heterocycles. The van der Waals surface area contributed by atoms with Crippen molar-refractivity contribution in [2.75, 3.05) is 27.6 Å². The van der Waals surface area contributed by atoms with Crippen LogP contribution in [0.1, 0.15) is 22.8 Å². The van der Waals surface area contributed by atoms with E-state index in [1.54, 1.807) is 38.5 Å². The minimum Gasteiger partial charge on any atom is -0.493 e. The van der Waals surface area contributed by atoms with Gasteiger partial charge in [-0.15, -0.1) is 0 Å². The van der Waals surface area contributed by atoms with E-state index in [1.807, 2.05) is 19.1 Å². The van der Waals surface area contributed by atoms with Gasteiger partial charge in [0.1, 0.15) is 12.9 Å². The van der Waals surface area contributed by atoms with Crippen molar-refractivity contribution < 1.29 is 28.5 Å². The maximum atomic E-state index is 11.0. The summed E-state index contributed by atoms with van der Waals surface area (Å²) in [5, 5.41) is 0. The number of hydrogen-bond donors (Lipinski definition) is 0. The number of carbonyl (C=O) groups excluding carboxylic acids is 1. The van der Waals surface area contributed by atoms with Gasteiger partial charge < -0.3 is 23.7 Å². The first-order chi connectivity index (χ1) is 12.2. The molecule has 0 bridgehead atoms. The van der Waals surface area contributed by atoms with Gasteiger partial charge in [-0.25, -0.2) is 0 Å². The summed E-state index contributed by atoms with van der Waals surface area (Å²) in [7, 11) is 3.12. The van der Waals surface area contributed by atoms with Crippen molar-refractivity contribution in [1.82, 2.24) is 0 Å². The molecule has 2 aromatic rings. The summed E-state index contributed by atoms with van der Waals surface area (Å²) in [6, 6.07) is 10.6. The highest BCUT2D eigenvalue weighted by Crippen LogP contribution is 2.31. The van der Waals surface area contributed by atoms with Gasteiger partial charge in [0.05, 0.1) is 13.7 Å². The van der Waals surface area contributed by atoms with E-state index in [2.05, 4.69) is 0 Å². The fourth-order valence-electron chi connectivity index (χ4n) is 2.19. The zero-order chi connectivity index (χ0) is 18.1. The monoisotopic (exact) mass is 346 g/mol. The van der Waals surface area contributed by atoms with Gasteiger partial charge in [-0.2, -0.15) is 0 Å². The van der Waals surface area contributed by atoms with E-state index < -0.39 is 0 Å². The SMILES string of the molecule is CCOc1ccc(C=O)cc1OCc1ccc(OCOC)c(OC)c1. The van der Waals surface area contributed by atoms with Crippen LogP contribution in [0.15, 0.2) is 36.4 Å². The number of hydrogen-bond acceptors (Lipinski definition) is 6. The van der Waals surface area contributed by atoms with Crippen molar-refractivity contribution in [3.05, 3.63) is 47.5 Å². The molecule has 0 fully saturated rings. The lowest BCUT2D eigenvalue weighted by Crippen LogP contribution is -2.03. The van der Waals surface area contributed by atoms with Gasteiger partial charge >= 0.3 is 0 Å². The van der Waals surface area contributed by atoms with E-state index >= 15 is 0 Å². The quantitative estimate of drug-likeness (QED) is 0.485. The Morgan fingerprint density at radius 1 is 0.880 bits per heavy atom. The van der Waals surface area contributed by atoms with E-state index in [0.717, 1.165) is 11.8 Å². The van der Waals surface area contributed by atoms with Crippen LogP contribution in [0.3, 0.4) is 0 Å². The van der Waals surface area contributed by atoms with Gasteiger partial charge in [-0.1, -0.05) is 6.07 Å². The van der Waals surface area contributed by atoms with Crippen LogP contribution in [0.2, 0.25) is 0 Å². The molecule has 134 valence electrons. The lowest BCUT2D eigenvalue weighted by molar-refractivity contribution is 0.0491. The Bertz CT molecular complexity index is 698. The average Bonchev–Trinajstić information content (AvgIpc) is 2.66. The topological polar surface area (TPSA) is 63.2 Å². The van der Waals surface area contributed by atoms with Gasteiger partial charge in [0.25, 0.3) is 0 Å².